The van der Waals surface area contributed by atoms with Crippen molar-refractivity contribution < 1.29 is 0 Å². The van der Waals surface area contributed by atoms with E-state index in [1.54, 1.807) is 0 Å². The summed E-state index contributed by atoms with van der Waals surface area (Å²) in [5, 5.41) is 3.26. The molecule has 0 radical (unpaired) electrons. The fourth-order valence-corrected chi connectivity index (χ4v) is 0.589. The minimum atomic E-state index is 0.782. The standard InChI is InChI=1S/C5H11N/c1-4-3-6-5(4)2/h4-6H,3H2,1-2H3/t4-,5-/m1/s1. The van der Waals surface area contributed by atoms with E-state index in [1.807, 2.05) is 0 Å². The van der Waals surface area contributed by atoms with Crippen LogP contribution in [0.25, 0.3) is 0 Å². The second-order valence-electron chi connectivity index (χ2n) is 2.17. The first kappa shape index (κ1) is 4.13. The Bertz CT molecular complexity index is 43.9. The Morgan fingerprint density at radius 2 is 2.00 bits per heavy atom. The SMILES string of the molecule is C[C@@H]1CN[C@@H]1C. The van der Waals surface area contributed by atoms with Crippen molar-refractivity contribution in [1.82, 2.24) is 5.32 Å². The normalized spacial score (nSPS) is 45.0. The lowest BCUT2D eigenvalue weighted by Crippen LogP contribution is -2.49. The molecule has 6 heavy (non-hydrogen) atoms. The highest BCUT2D eigenvalue weighted by Crippen LogP contribution is 2.08. The van der Waals surface area contributed by atoms with Crippen molar-refractivity contribution in [2.24, 2.45) is 5.92 Å². The van der Waals surface area contributed by atoms with E-state index < -0.39 is 0 Å². The van der Waals surface area contributed by atoms with E-state index >= 15 is 0 Å². The average Bonchev–Trinajstić information content (AvgIpc) is 1.61. The van der Waals surface area contributed by atoms with E-state index in [0.29, 0.717) is 0 Å². The number of hydrogen-bond acceptors (Lipinski definition) is 1. The molecule has 0 saturated carbocycles. The van der Waals surface area contributed by atoms with Gasteiger partial charge in [0.25, 0.3) is 0 Å². The number of hydrogen-bond donors (Lipinski definition) is 1. The van der Waals surface area contributed by atoms with Gasteiger partial charge in [-0.2, -0.15) is 0 Å². The lowest BCUT2D eigenvalue weighted by Gasteiger charge is -2.31. The van der Waals surface area contributed by atoms with Gasteiger partial charge in [0.15, 0.2) is 0 Å². The summed E-state index contributed by atoms with van der Waals surface area (Å²) in [5.41, 5.74) is 0. The molecular formula is C5H11N. The first-order valence-corrected chi connectivity index (χ1v) is 2.54. The number of nitrogens with one attached hydrogen (secondary N) is 1. The largest absolute Gasteiger partial charge is 0.314 e. The van der Waals surface area contributed by atoms with Gasteiger partial charge in [-0.1, -0.05) is 6.92 Å². The molecule has 1 saturated heterocycles. The minimum Gasteiger partial charge on any atom is -0.314 e. The molecule has 0 aromatic heterocycles. The Hall–Kier alpha value is -0.0400. The Morgan fingerprint density at radius 3 is 2.00 bits per heavy atom. The maximum Gasteiger partial charge on any atom is 0.00765 e. The molecule has 1 fully saturated rings. The van der Waals surface area contributed by atoms with Crippen LogP contribution in [-0.4, -0.2) is 12.6 Å². The first-order valence-electron chi connectivity index (χ1n) is 2.54. The zero-order valence-corrected chi connectivity index (χ0v) is 4.36. The topological polar surface area (TPSA) is 12.0 Å². The summed E-state index contributed by atoms with van der Waals surface area (Å²) >= 11 is 0. The predicted molar refractivity (Wildman–Crippen MR) is 26.6 cm³/mol. The minimum absolute atomic E-state index is 0.782. The maximum absolute atomic E-state index is 3.26. The highest BCUT2D eigenvalue weighted by Gasteiger charge is 2.19. The molecule has 36 valence electrons. The average molecular weight is 85.1 g/mol. The van der Waals surface area contributed by atoms with Crippen molar-refractivity contribution in [2.45, 2.75) is 19.9 Å². The van der Waals surface area contributed by atoms with Crippen LogP contribution in [0.2, 0.25) is 0 Å². The lowest BCUT2D eigenvalue weighted by atomic mass is 9.96. The van der Waals surface area contributed by atoms with Gasteiger partial charge >= 0.3 is 0 Å². The summed E-state index contributed by atoms with van der Waals surface area (Å²) in [7, 11) is 0. The molecule has 1 heterocycles. The number of rotatable bonds is 0. The molecule has 0 aromatic rings. The quantitative estimate of drug-likeness (QED) is 0.454. The van der Waals surface area contributed by atoms with E-state index in [2.05, 4.69) is 19.2 Å². The van der Waals surface area contributed by atoms with Crippen LogP contribution in [0.3, 0.4) is 0 Å². The van der Waals surface area contributed by atoms with E-state index in [1.165, 1.54) is 6.54 Å². The van der Waals surface area contributed by atoms with Gasteiger partial charge in [-0.15, -0.1) is 0 Å². The van der Waals surface area contributed by atoms with Crippen molar-refractivity contribution in [3.63, 3.8) is 0 Å². The Kier molecular flexibility index (Phi) is 0.845. The smallest absolute Gasteiger partial charge is 0.00765 e. The molecule has 0 unspecified atom stereocenters. The molecule has 1 nitrogen and oxygen atoms in total. The van der Waals surface area contributed by atoms with Gasteiger partial charge in [0.2, 0.25) is 0 Å². The van der Waals surface area contributed by atoms with Crippen molar-refractivity contribution in [1.29, 1.82) is 0 Å². The molecule has 1 aliphatic rings. The van der Waals surface area contributed by atoms with E-state index in [4.69, 9.17) is 0 Å². The van der Waals surface area contributed by atoms with Crippen LogP contribution in [0.4, 0.5) is 0 Å². The van der Waals surface area contributed by atoms with Gasteiger partial charge in [-0.3, -0.25) is 0 Å². The summed E-state index contributed by atoms with van der Waals surface area (Å²) in [6.07, 6.45) is 0. The molecule has 0 spiro atoms. The van der Waals surface area contributed by atoms with Gasteiger partial charge in [-0.05, 0) is 19.4 Å². The highest BCUT2D eigenvalue weighted by molar-refractivity contribution is 4.79. The molecular weight excluding hydrogens is 74.1 g/mol. The summed E-state index contributed by atoms with van der Waals surface area (Å²) in [6.45, 7) is 5.70. The van der Waals surface area contributed by atoms with E-state index in [0.717, 1.165) is 12.0 Å². The molecule has 1 rings (SSSR count). The molecule has 2 atom stereocenters. The summed E-state index contributed by atoms with van der Waals surface area (Å²) in [5.74, 6) is 0.921. The lowest BCUT2D eigenvalue weighted by molar-refractivity contribution is 0.274. The van der Waals surface area contributed by atoms with Crippen molar-refractivity contribution in [2.75, 3.05) is 6.54 Å². The summed E-state index contributed by atoms with van der Waals surface area (Å²) in [4.78, 5) is 0. The molecule has 0 aliphatic carbocycles. The maximum atomic E-state index is 3.26. The third-order valence-electron chi connectivity index (χ3n) is 1.62. The fraction of sp³-hybridized carbons (Fsp3) is 1.00. The Balaban J connectivity index is 2.20. The van der Waals surface area contributed by atoms with E-state index in [-0.39, 0.29) is 0 Å². The second kappa shape index (κ2) is 1.23. The van der Waals surface area contributed by atoms with Crippen LogP contribution < -0.4 is 5.32 Å². The van der Waals surface area contributed by atoms with Gasteiger partial charge in [0.05, 0.1) is 0 Å². The Labute approximate surface area is 38.7 Å². The molecule has 1 N–H and O–H groups in total. The van der Waals surface area contributed by atoms with Crippen LogP contribution in [0, 0.1) is 5.92 Å². The highest BCUT2D eigenvalue weighted by atomic mass is 15.0. The summed E-state index contributed by atoms with van der Waals surface area (Å²) in [6, 6.07) is 0.782. The van der Waals surface area contributed by atoms with Crippen molar-refractivity contribution in [3.8, 4) is 0 Å². The van der Waals surface area contributed by atoms with Gasteiger partial charge in [0, 0.05) is 6.04 Å². The van der Waals surface area contributed by atoms with Crippen LogP contribution >= 0.6 is 0 Å². The van der Waals surface area contributed by atoms with Crippen molar-refractivity contribution >= 4 is 0 Å². The van der Waals surface area contributed by atoms with Gasteiger partial charge in [-0.25, -0.2) is 0 Å². The third-order valence-corrected chi connectivity index (χ3v) is 1.62. The zero-order valence-electron chi connectivity index (χ0n) is 4.36. The van der Waals surface area contributed by atoms with E-state index in [9.17, 15) is 0 Å². The fourth-order valence-electron chi connectivity index (χ4n) is 0.589. The van der Waals surface area contributed by atoms with Crippen LogP contribution in [0.1, 0.15) is 13.8 Å². The second-order valence-corrected chi connectivity index (χ2v) is 2.17. The van der Waals surface area contributed by atoms with Crippen molar-refractivity contribution in [3.05, 3.63) is 0 Å². The predicted octanol–water partition coefficient (Wildman–Crippen LogP) is 0.614. The Morgan fingerprint density at radius 1 is 1.50 bits per heavy atom. The monoisotopic (exact) mass is 85.1 g/mol. The zero-order chi connectivity index (χ0) is 4.57. The van der Waals surface area contributed by atoms with Crippen LogP contribution in [0.15, 0.2) is 0 Å². The molecule has 0 aromatic carbocycles. The molecule has 0 bridgehead atoms. The van der Waals surface area contributed by atoms with Gasteiger partial charge < -0.3 is 5.32 Å². The molecule has 0 amide bonds. The van der Waals surface area contributed by atoms with Crippen LogP contribution in [0.5, 0.6) is 0 Å². The molecule has 1 aliphatic heterocycles. The van der Waals surface area contributed by atoms with Gasteiger partial charge in [0.1, 0.15) is 0 Å². The summed E-state index contributed by atoms with van der Waals surface area (Å²) < 4.78 is 0. The third kappa shape index (κ3) is 0.432. The van der Waals surface area contributed by atoms with Crippen LogP contribution in [-0.2, 0) is 0 Å². The molecule has 1 heteroatoms. The first-order chi connectivity index (χ1) is 2.80.